The maximum Gasteiger partial charge on any atom is 0.0438 e. The summed E-state index contributed by atoms with van der Waals surface area (Å²) in [5.74, 6) is 0. The first-order valence-electron chi connectivity index (χ1n) is 6.02. The van der Waals surface area contributed by atoms with Gasteiger partial charge in [0.25, 0.3) is 0 Å². The predicted octanol–water partition coefficient (Wildman–Crippen LogP) is 5.64. The highest BCUT2D eigenvalue weighted by Crippen LogP contribution is 2.31. The fourth-order valence-corrected chi connectivity index (χ4v) is 3.22. The smallest absolute Gasteiger partial charge is 0.0438 e. The molecule has 0 amide bonds. The first-order valence-corrected chi connectivity index (χ1v) is 7.32. The van der Waals surface area contributed by atoms with E-state index in [0.29, 0.717) is 4.83 Å². The summed E-state index contributed by atoms with van der Waals surface area (Å²) in [7, 11) is 0. The third-order valence-electron chi connectivity index (χ3n) is 3.12. The molecule has 2 rings (SSSR count). The van der Waals surface area contributed by atoms with E-state index >= 15 is 0 Å². The largest absolute Gasteiger partial charge is 0.0840 e. The van der Waals surface area contributed by atoms with Gasteiger partial charge in [0.05, 0.1) is 0 Å². The molecule has 0 aromatic heterocycles. The average Bonchev–Trinajstić information content (AvgIpc) is 2.32. The molecule has 1 unspecified atom stereocenters. The summed E-state index contributed by atoms with van der Waals surface area (Å²) in [6.07, 6.45) is 0.906. The van der Waals surface area contributed by atoms with E-state index in [4.69, 9.17) is 11.6 Å². The van der Waals surface area contributed by atoms with E-state index in [9.17, 15) is 0 Å². The van der Waals surface area contributed by atoms with Crippen molar-refractivity contribution in [3.05, 3.63) is 69.7 Å². The van der Waals surface area contributed by atoms with Crippen LogP contribution in [0.5, 0.6) is 0 Å². The van der Waals surface area contributed by atoms with Crippen LogP contribution in [0.4, 0.5) is 0 Å². The summed E-state index contributed by atoms with van der Waals surface area (Å²) in [5.41, 5.74) is 5.14. The minimum absolute atomic E-state index is 0.304. The zero-order chi connectivity index (χ0) is 13.1. The molecule has 0 saturated heterocycles. The summed E-state index contributed by atoms with van der Waals surface area (Å²) >= 11 is 9.97. The van der Waals surface area contributed by atoms with Crippen molar-refractivity contribution in [1.82, 2.24) is 0 Å². The molecule has 0 aliphatic carbocycles. The molecule has 1 atom stereocenters. The van der Waals surface area contributed by atoms with Crippen LogP contribution in [0.2, 0.25) is 5.02 Å². The Hall–Kier alpha value is -0.790. The summed E-state index contributed by atoms with van der Waals surface area (Å²) in [4.78, 5) is 0.304. The lowest BCUT2D eigenvalue weighted by molar-refractivity contribution is 0.937. The van der Waals surface area contributed by atoms with E-state index in [1.807, 2.05) is 18.2 Å². The number of aryl methyl sites for hydroxylation is 2. The number of rotatable bonds is 3. The molecule has 2 aromatic rings. The Morgan fingerprint density at radius 2 is 1.83 bits per heavy atom. The van der Waals surface area contributed by atoms with Gasteiger partial charge >= 0.3 is 0 Å². The number of benzene rings is 2. The number of hydrogen-bond acceptors (Lipinski definition) is 0. The van der Waals surface area contributed by atoms with E-state index in [1.54, 1.807) is 0 Å². The van der Waals surface area contributed by atoms with E-state index in [0.717, 1.165) is 11.4 Å². The zero-order valence-corrected chi connectivity index (χ0v) is 12.9. The minimum Gasteiger partial charge on any atom is -0.0840 e. The van der Waals surface area contributed by atoms with Crippen molar-refractivity contribution in [1.29, 1.82) is 0 Å². The van der Waals surface area contributed by atoms with Crippen LogP contribution in [-0.2, 0) is 6.42 Å². The van der Waals surface area contributed by atoms with Gasteiger partial charge in [-0.2, -0.15) is 0 Å². The minimum atomic E-state index is 0.304. The molecule has 0 aliphatic rings. The monoisotopic (exact) mass is 322 g/mol. The molecule has 0 saturated carbocycles. The standard InChI is InChI=1S/C16H16BrCl/c1-11-7-8-14(12(2)9-11)15(17)10-13-5-3-4-6-16(13)18/h3-9,15H,10H2,1-2H3. The lowest BCUT2D eigenvalue weighted by atomic mass is 9.99. The summed E-state index contributed by atoms with van der Waals surface area (Å²) < 4.78 is 0. The Balaban J connectivity index is 2.22. The third-order valence-corrected chi connectivity index (χ3v) is 4.31. The Morgan fingerprint density at radius 1 is 1.11 bits per heavy atom. The predicted molar refractivity (Wildman–Crippen MR) is 82.7 cm³/mol. The highest BCUT2D eigenvalue weighted by Gasteiger charge is 2.12. The molecular weight excluding hydrogens is 308 g/mol. The molecule has 0 bridgehead atoms. The molecule has 0 radical (unpaired) electrons. The normalized spacial score (nSPS) is 12.4. The Labute approximate surface area is 122 Å². The fraction of sp³-hybridized carbons (Fsp3) is 0.250. The van der Waals surface area contributed by atoms with Crippen LogP contribution >= 0.6 is 27.5 Å². The van der Waals surface area contributed by atoms with Crippen molar-refractivity contribution >= 4 is 27.5 Å². The van der Waals surface area contributed by atoms with Gasteiger partial charge in [-0.15, -0.1) is 0 Å². The molecule has 0 aliphatic heterocycles. The second kappa shape index (κ2) is 5.90. The van der Waals surface area contributed by atoms with Crippen molar-refractivity contribution < 1.29 is 0 Å². The van der Waals surface area contributed by atoms with E-state index in [2.05, 4.69) is 54.0 Å². The Bertz CT molecular complexity index is 549. The van der Waals surface area contributed by atoms with Gasteiger partial charge < -0.3 is 0 Å². The van der Waals surface area contributed by atoms with Gasteiger partial charge in [0.1, 0.15) is 0 Å². The Morgan fingerprint density at radius 3 is 2.50 bits per heavy atom. The number of alkyl halides is 1. The number of halogens is 2. The van der Waals surface area contributed by atoms with Gasteiger partial charge in [0.2, 0.25) is 0 Å². The fourth-order valence-electron chi connectivity index (χ4n) is 2.14. The van der Waals surface area contributed by atoms with Crippen LogP contribution in [0.1, 0.15) is 27.1 Å². The van der Waals surface area contributed by atoms with Crippen LogP contribution in [0.15, 0.2) is 42.5 Å². The first-order chi connectivity index (χ1) is 8.58. The van der Waals surface area contributed by atoms with Gasteiger partial charge in [0.15, 0.2) is 0 Å². The van der Waals surface area contributed by atoms with Crippen molar-refractivity contribution in [3.8, 4) is 0 Å². The highest BCUT2D eigenvalue weighted by molar-refractivity contribution is 9.09. The van der Waals surface area contributed by atoms with Gasteiger partial charge in [-0.3, -0.25) is 0 Å². The topological polar surface area (TPSA) is 0 Å². The van der Waals surface area contributed by atoms with E-state index < -0.39 is 0 Å². The Kier molecular flexibility index (Phi) is 4.47. The second-order valence-corrected chi connectivity index (χ2v) is 6.14. The lowest BCUT2D eigenvalue weighted by Crippen LogP contribution is -1.99. The molecule has 0 nitrogen and oxygen atoms in total. The van der Waals surface area contributed by atoms with Gasteiger partial charge in [-0.25, -0.2) is 0 Å². The van der Waals surface area contributed by atoms with E-state index in [-0.39, 0.29) is 0 Å². The molecule has 18 heavy (non-hydrogen) atoms. The second-order valence-electron chi connectivity index (χ2n) is 4.62. The summed E-state index contributed by atoms with van der Waals surface area (Å²) in [6.45, 7) is 4.28. The maximum absolute atomic E-state index is 6.20. The quantitative estimate of drug-likeness (QED) is 0.642. The van der Waals surface area contributed by atoms with Crippen LogP contribution in [0, 0.1) is 13.8 Å². The van der Waals surface area contributed by atoms with Gasteiger partial charge in [-0.05, 0) is 43.0 Å². The van der Waals surface area contributed by atoms with E-state index in [1.165, 1.54) is 22.3 Å². The molecular formula is C16H16BrCl. The molecule has 0 fully saturated rings. The summed E-state index contributed by atoms with van der Waals surface area (Å²) in [6, 6.07) is 14.6. The number of hydrogen-bond donors (Lipinski definition) is 0. The van der Waals surface area contributed by atoms with Crippen molar-refractivity contribution in [2.45, 2.75) is 25.1 Å². The van der Waals surface area contributed by atoms with Crippen LogP contribution in [-0.4, -0.2) is 0 Å². The van der Waals surface area contributed by atoms with Crippen molar-refractivity contribution in [2.24, 2.45) is 0 Å². The van der Waals surface area contributed by atoms with Gasteiger partial charge in [0, 0.05) is 9.85 Å². The average molecular weight is 324 g/mol. The van der Waals surface area contributed by atoms with Crippen LogP contribution in [0.3, 0.4) is 0 Å². The molecule has 2 aromatic carbocycles. The third kappa shape index (κ3) is 3.15. The molecule has 0 N–H and O–H groups in total. The summed E-state index contributed by atoms with van der Waals surface area (Å²) in [5, 5.41) is 0.840. The lowest BCUT2D eigenvalue weighted by Gasteiger charge is -2.14. The van der Waals surface area contributed by atoms with Crippen LogP contribution < -0.4 is 0 Å². The molecule has 2 heteroatoms. The molecule has 94 valence electrons. The maximum atomic E-state index is 6.20. The van der Waals surface area contributed by atoms with Crippen LogP contribution in [0.25, 0.3) is 0 Å². The molecule has 0 spiro atoms. The molecule has 0 heterocycles. The highest BCUT2D eigenvalue weighted by atomic mass is 79.9. The SMILES string of the molecule is Cc1ccc(C(Br)Cc2ccccc2Cl)c(C)c1. The first kappa shape index (κ1) is 13.6. The van der Waals surface area contributed by atoms with Gasteiger partial charge in [-0.1, -0.05) is 69.5 Å². The van der Waals surface area contributed by atoms with Crippen molar-refractivity contribution in [2.75, 3.05) is 0 Å². The zero-order valence-electron chi connectivity index (χ0n) is 10.6. The van der Waals surface area contributed by atoms with Crippen molar-refractivity contribution in [3.63, 3.8) is 0 Å².